The second-order valence-electron chi connectivity index (χ2n) is 5.27. The fourth-order valence-electron chi connectivity index (χ4n) is 2.33. The van der Waals surface area contributed by atoms with Crippen LogP contribution >= 0.6 is 0 Å². The lowest BCUT2D eigenvalue weighted by molar-refractivity contribution is 0.174. The molecule has 3 rings (SSSR count). The Kier molecular flexibility index (Phi) is 4.02. The highest BCUT2D eigenvalue weighted by Gasteiger charge is 2.14. The lowest BCUT2D eigenvalue weighted by Gasteiger charge is -2.10. The van der Waals surface area contributed by atoms with Gasteiger partial charge < -0.3 is 9.47 Å². The zero-order valence-corrected chi connectivity index (χ0v) is 13.0. The monoisotopic (exact) mass is 312 g/mol. The third kappa shape index (κ3) is 3.04. The maximum atomic E-state index is 13.6. The number of hydrogen-bond donors (Lipinski definition) is 1. The zero-order valence-electron chi connectivity index (χ0n) is 13.0. The number of ether oxygens (including phenoxy) is 2. The van der Waals surface area contributed by atoms with Gasteiger partial charge in [-0.05, 0) is 43.7 Å². The van der Waals surface area contributed by atoms with Gasteiger partial charge in [-0.25, -0.2) is 4.39 Å². The molecule has 0 spiro atoms. The maximum Gasteiger partial charge on any atom is 0.231 e. The van der Waals surface area contributed by atoms with E-state index in [9.17, 15) is 4.39 Å². The van der Waals surface area contributed by atoms with Gasteiger partial charge in [-0.15, -0.1) is 0 Å². The van der Waals surface area contributed by atoms with Gasteiger partial charge in [0.1, 0.15) is 5.82 Å². The number of nitrogens with one attached hydrogen (secondary N) is 1. The van der Waals surface area contributed by atoms with Crippen LogP contribution in [0.15, 0.2) is 48.1 Å². The summed E-state index contributed by atoms with van der Waals surface area (Å²) in [5.74, 6) is 1.17. The summed E-state index contributed by atoms with van der Waals surface area (Å²) >= 11 is 0. The zero-order chi connectivity index (χ0) is 16.4. The predicted molar refractivity (Wildman–Crippen MR) is 88.1 cm³/mol. The largest absolute Gasteiger partial charge is 0.454 e. The van der Waals surface area contributed by atoms with E-state index in [0.717, 1.165) is 17.0 Å². The first-order chi connectivity index (χ1) is 11.1. The second-order valence-corrected chi connectivity index (χ2v) is 5.27. The van der Waals surface area contributed by atoms with Gasteiger partial charge in [-0.1, -0.05) is 18.7 Å². The van der Waals surface area contributed by atoms with Gasteiger partial charge in [0.05, 0.1) is 11.4 Å². The summed E-state index contributed by atoms with van der Waals surface area (Å²) in [6, 6.07) is 10.5. The summed E-state index contributed by atoms with van der Waals surface area (Å²) in [6.07, 6.45) is 0. The first kappa shape index (κ1) is 15.1. The molecule has 1 heterocycles. The fraction of sp³-hybridized carbons (Fsp3) is 0.167. The molecule has 0 amide bonds. The van der Waals surface area contributed by atoms with E-state index in [0.29, 0.717) is 22.6 Å². The molecule has 2 aromatic rings. The van der Waals surface area contributed by atoms with E-state index >= 15 is 0 Å². The molecule has 1 aliphatic heterocycles. The van der Waals surface area contributed by atoms with Crippen LogP contribution in [0.1, 0.15) is 23.6 Å². The summed E-state index contributed by atoms with van der Waals surface area (Å²) in [6.45, 7) is 7.75. The Morgan fingerprint density at radius 2 is 2.00 bits per heavy atom. The second kappa shape index (κ2) is 6.12. The highest BCUT2D eigenvalue weighted by molar-refractivity contribution is 5.99. The summed E-state index contributed by atoms with van der Waals surface area (Å²) in [4.78, 5) is 0. The minimum absolute atomic E-state index is 0.239. The van der Waals surface area contributed by atoms with Crippen molar-refractivity contribution in [1.82, 2.24) is 5.43 Å². The molecule has 5 heteroatoms. The van der Waals surface area contributed by atoms with E-state index in [1.807, 2.05) is 25.1 Å². The molecule has 1 aliphatic rings. The standard InChI is InChI=1S/C18H17FN2O2/c1-11-15(5-4-6-16(11)19)13(3)21-20-12(2)14-7-8-17-18(9-14)23-10-22-17/h4-9,21H,3,10H2,1-2H3/b20-12+. The van der Waals surface area contributed by atoms with E-state index in [2.05, 4.69) is 17.1 Å². The SMILES string of the molecule is C=C(N/N=C(\C)c1ccc2c(c1)OCO2)c1cccc(F)c1C. The third-order valence-electron chi connectivity index (χ3n) is 3.74. The molecule has 0 saturated carbocycles. The van der Waals surface area contributed by atoms with Crippen LogP contribution in [0.5, 0.6) is 11.5 Å². The third-order valence-corrected chi connectivity index (χ3v) is 3.74. The Morgan fingerprint density at radius 3 is 2.83 bits per heavy atom. The molecule has 118 valence electrons. The smallest absolute Gasteiger partial charge is 0.231 e. The van der Waals surface area contributed by atoms with Crippen molar-refractivity contribution in [2.45, 2.75) is 13.8 Å². The van der Waals surface area contributed by atoms with Gasteiger partial charge in [0.15, 0.2) is 11.5 Å². The van der Waals surface area contributed by atoms with E-state index in [1.54, 1.807) is 19.1 Å². The molecule has 0 aromatic heterocycles. The van der Waals surface area contributed by atoms with Crippen molar-refractivity contribution in [2.24, 2.45) is 5.10 Å². The fourth-order valence-corrected chi connectivity index (χ4v) is 2.33. The van der Waals surface area contributed by atoms with Gasteiger partial charge in [-0.3, -0.25) is 5.43 Å². The highest BCUT2D eigenvalue weighted by atomic mass is 19.1. The molecule has 0 radical (unpaired) electrons. The molecular formula is C18H17FN2O2. The average Bonchev–Trinajstić information content (AvgIpc) is 3.02. The van der Waals surface area contributed by atoms with Crippen LogP contribution in [-0.4, -0.2) is 12.5 Å². The molecule has 1 N–H and O–H groups in total. The number of hydrazone groups is 1. The van der Waals surface area contributed by atoms with E-state index < -0.39 is 0 Å². The number of rotatable bonds is 4. The van der Waals surface area contributed by atoms with Crippen molar-refractivity contribution >= 4 is 11.4 Å². The topological polar surface area (TPSA) is 42.9 Å². The van der Waals surface area contributed by atoms with E-state index in [4.69, 9.17) is 9.47 Å². The lowest BCUT2D eigenvalue weighted by Crippen LogP contribution is -2.09. The minimum atomic E-state index is -0.262. The number of fused-ring (bicyclic) bond motifs is 1. The van der Waals surface area contributed by atoms with Gasteiger partial charge in [0.25, 0.3) is 0 Å². The number of nitrogens with zero attached hydrogens (tertiary/aromatic N) is 1. The predicted octanol–water partition coefficient (Wildman–Crippen LogP) is 3.85. The van der Waals surface area contributed by atoms with Gasteiger partial charge >= 0.3 is 0 Å². The van der Waals surface area contributed by atoms with Crippen molar-refractivity contribution < 1.29 is 13.9 Å². The van der Waals surface area contributed by atoms with Crippen LogP contribution in [0, 0.1) is 12.7 Å². The Balaban J connectivity index is 1.76. The summed E-state index contributed by atoms with van der Waals surface area (Å²) in [5, 5.41) is 4.32. The molecule has 0 saturated heterocycles. The summed E-state index contributed by atoms with van der Waals surface area (Å²) in [5.41, 5.74) is 6.35. The molecule has 0 atom stereocenters. The van der Waals surface area contributed by atoms with Crippen LogP contribution in [-0.2, 0) is 0 Å². The molecule has 4 nitrogen and oxygen atoms in total. The number of halogens is 1. The normalized spacial score (nSPS) is 13.1. The molecule has 2 aromatic carbocycles. The van der Waals surface area contributed by atoms with Crippen molar-refractivity contribution in [3.8, 4) is 11.5 Å². The number of hydrogen-bond acceptors (Lipinski definition) is 4. The van der Waals surface area contributed by atoms with Crippen LogP contribution in [0.2, 0.25) is 0 Å². The molecular weight excluding hydrogens is 295 g/mol. The molecule has 0 bridgehead atoms. The Bertz CT molecular complexity index is 800. The van der Waals surface area contributed by atoms with Gasteiger partial charge in [-0.2, -0.15) is 5.10 Å². The maximum absolute atomic E-state index is 13.6. The van der Waals surface area contributed by atoms with Crippen molar-refractivity contribution in [3.05, 3.63) is 65.5 Å². The Hall–Kier alpha value is -2.82. The summed E-state index contributed by atoms with van der Waals surface area (Å²) in [7, 11) is 0. The van der Waals surface area contributed by atoms with Crippen molar-refractivity contribution in [2.75, 3.05) is 6.79 Å². The molecule has 0 unspecified atom stereocenters. The molecule has 23 heavy (non-hydrogen) atoms. The van der Waals surface area contributed by atoms with Crippen LogP contribution in [0.25, 0.3) is 5.70 Å². The van der Waals surface area contributed by atoms with Crippen LogP contribution in [0.4, 0.5) is 4.39 Å². The van der Waals surface area contributed by atoms with Gasteiger partial charge in [0, 0.05) is 11.1 Å². The summed E-state index contributed by atoms with van der Waals surface area (Å²) < 4.78 is 24.2. The van der Waals surface area contributed by atoms with Gasteiger partial charge in [0.2, 0.25) is 6.79 Å². The first-order valence-corrected chi connectivity index (χ1v) is 7.21. The quantitative estimate of drug-likeness (QED) is 0.689. The van der Waals surface area contributed by atoms with E-state index in [-0.39, 0.29) is 12.6 Å². The minimum Gasteiger partial charge on any atom is -0.454 e. The van der Waals surface area contributed by atoms with Crippen molar-refractivity contribution in [1.29, 1.82) is 0 Å². The number of benzene rings is 2. The first-order valence-electron chi connectivity index (χ1n) is 7.21. The molecule has 0 fully saturated rings. The average molecular weight is 312 g/mol. The highest BCUT2D eigenvalue weighted by Crippen LogP contribution is 2.32. The lowest BCUT2D eigenvalue weighted by atomic mass is 10.1. The molecule has 0 aliphatic carbocycles. The Labute approximate surface area is 134 Å². The van der Waals surface area contributed by atoms with Crippen LogP contribution < -0.4 is 14.9 Å². The Morgan fingerprint density at radius 1 is 1.22 bits per heavy atom. The van der Waals surface area contributed by atoms with Crippen molar-refractivity contribution in [3.63, 3.8) is 0 Å². The van der Waals surface area contributed by atoms with E-state index in [1.165, 1.54) is 6.07 Å². The van der Waals surface area contributed by atoms with Crippen LogP contribution in [0.3, 0.4) is 0 Å².